The van der Waals surface area contributed by atoms with E-state index in [0.717, 1.165) is 16.5 Å². The number of piperazine rings is 1. The number of carbonyl (C=O) groups excluding carboxylic acids is 2. The minimum absolute atomic E-state index is 0.0268. The Morgan fingerprint density at radius 3 is 2.21 bits per heavy atom. The van der Waals surface area contributed by atoms with Gasteiger partial charge in [-0.15, -0.1) is 0 Å². The molecule has 0 bridgehead atoms. The first-order valence-corrected chi connectivity index (χ1v) is 13.0. The van der Waals surface area contributed by atoms with Crippen molar-refractivity contribution in [1.29, 1.82) is 0 Å². The molecule has 0 radical (unpaired) electrons. The first kappa shape index (κ1) is 25.5. The van der Waals surface area contributed by atoms with E-state index in [4.69, 9.17) is 16.3 Å². The van der Waals surface area contributed by atoms with E-state index in [0.29, 0.717) is 49.0 Å². The highest BCUT2D eigenvalue weighted by atomic mass is 35.5. The van der Waals surface area contributed by atoms with Crippen molar-refractivity contribution in [2.45, 2.75) is 13.5 Å². The summed E-state index contributed by atoms with van der Waals surface area (Å²) in [5.41, 5.74) is 2.47. The first-order chi connectivity index (χ1) is 18.5. The Hall–Kier alpha value is -4.10. The van der Waals surface area contributed by atoms with Crippen molar-refractivity contribution >= 4 is 40.1 Å². The third kappa shape index (κ3) is 5.02. The van der Waals surface area contributed by atoms with E-state index in [1.165, 1.54) is 0 Å². The van der Waals surface area contributed by atoms with Crippen molar-refractivity contribution in [2.24, 2.45) is 0 Å². The Labute approximate surface area is 225 Å². The molecule has 0 unspecified atom stereocenters. The first-order valence-electron chi connectivity index (χ1n) is 12.6. The lowest BCUT2D eigenvalue weighted by Gasteiger charge is -2.37. The van der Waals surface area contributed by atoms with Crippen LogP contribution in [0.1, 0.15) is 33.2 Å². The molecule has 1 aromatic heterocycles. The number of anilines is 1. The van der Waals surface area contributed by atoms with Crippen LogP contribution in [-0.4, -0.2) is 54.1 Å². The van der Waals surface area contributed by atoms with Crippen LogP contribution in [0.2, 0.25) is 5.02 Å². The summed E-state index contributed by atoms with van der Waals surface area (Å²) in [5, 5.41) is 1.37. The molecule has 4 aromatic rings. The fourth-order valence-electron chi connectivity index (χ4n) is 4.94. The molecule has 1 amide bonds. The van der Waals surface area contributed by atoms with Crippen molar-refractivity contribution in [3.8, 4) is 0 Å². The van der Waals surface area contributed by atoms with Crippen LogP contribution >= 0.6 is 11.6 Å². The highest BCUT2D eigenvalue weighted by Gasteiger charge is 2.30. The molecule has 0 spiro atoms. The number of carbonyl (C=O) groups is 2. The zero-order valence-corrected chi connectivity index (χ0v) is 21.9. The lowest BCUT2D eigenvalue weighted by Crippen LogP contribution is -2.49. The van der Waals surface area contributed by atoms with E-state index in [2.05, 4.69) is 0 Å². The zero-order chi connectivity index (χ0) is 26.6. The highest BCUT2D eigenvalue weighted by molar-refractivity contribution is 6.30. The standard InChI is InChI=1S/C30H28ClN3O4/c1-2-38-30(37)26-27(32-16-18-33(19-17-32)28(35)22-12-14-23(31)15-13-22)24-10-6-7-11-25(24)34(29(26)36)20-21-8-4-3-5-9-21/h3-15H,2,16-20H2,1H3. The maximum Gasteiger partial charge on any atom is 0.345 e. The molecular weight excluding hydrogens is 502 g/mol. The van der Waals surface area contributed by atoms with E-state index in [1.54, 1.807) is 40.7 Å². The second kappa shape index (κ2) is 11.1. The summed E-state index contributed by atoms with van der Waals surface area (Å²) < 4.78 is 7.01. The Kier molecular flexibility index (Phi) is 7.47. The predicted molar refractivity (Wildman–Crippen MR) is 149 cm³/mol. The number of halogens is 1. The summed E-state index contributed by atoms with van der Waals surface area (Å²) in [7, 11) is 0. The number of nitrogens with zero attached hydrogens (tertiary/aromatic N) is 3. The summed E-state index contributed by atoms with van der Waals surface area (Å²) in [4.78, 5) is 44.0. The molecule has 8 heteroatoms. The summed E-state index contributed by atoms with van der Waals surface area (Å²) in [6, 6.07) is 24.1. The minimum Gasteiger partial charge on any atom is -0.462 e. The molecule has 0 atom stereocenters. The molecule has 1 aliphatic heterocycles. The Bertz CT molecular complexity index is 1530. The lowest BCUT2D eigenvalue weighted by atomic mass is 10.0. The van der Waals surface area contributed by atoms with Crippen molar-refractivity contribution in [2.75, 3.05) is 37.7 Å². The van der Waals surface area contributed by atoms with Gasteiger partial charge in [0.05, 0.1) is 24.4 Å². The summed E-state index contributed by atoms with van der Waals surface area (Å²) in [6.45, 7) is 4.05. The largest absolute Gasteiger partial charge is 0.462 e. The molecule has 194 valence electrons. The number of ether oxygens (including phenoxy) is 1. The van der Waals surface area contributed by atoms with Crippen molar-refractivity contribution in [1.82, 2.24) is 9.47 Å². The van der Waals surface area contributed by atoms with Gasteiger partial charge in [-0.1, -0.05) is 60.1 Å². The molecule has 1 saturated heterocycles. The quantitative estimate of drug-likeness (QED) is 0.334. The van der Waals surface area contributed by atoms with Crippen LogP contribution in [0.25, 0.3) is 10.9 Å². The molecule has 1 aliphatic rings. The molecule has 2 heterocycles. The van der Waals surface area contributed by atoms with Crippen molar-refractivity contribution in [3.05, 3.63) is 111 Å². The Balaban J connectivity index is 1.54. The SMILES string of the molecule is CCOC(=O)c1c(N2CCN(C(=O)c3ccc(Cl)cc3)CC2)c2ccccc2n(Cc2ccccc2)c1=O. The molecular formula is C30H28ClN3O4. The fourth-order valence-corrected chi connectivity index (χ4v) is 5.06. The fraction of sp³-hybridized carbons (Fsp3) is 0.233. The normalized spacial score (nSPS) is 13.5. The van der Waals surface area contributed by atoms with Gasteiger partial charge in [0.2, 0.25) is 0 Å². The minimum atomic E-state index is -0.639. The highest BCUT2D eigenvalue weighted by Crippen LogP contribution is 2.31. The van der Waals surface area contributed by atoms with E-state index in [9.17, 15) is 14.4 Å². The van der Waals surface area contributed by atoms with E-state index in [1.807, 2.05) is 59.5 Å². The topological polar surface area (TPSA) is 71.8 Å². The summed E-state index contributed by atoms with van der Waals surface area (Å²) in [6.07, 6.45) is 0. The average Bonchev–Trinajstić information content (AvgIpc) is 2.95. The van der Waals surface area contributed by atoms with Gasteiger partial charge in [0.15, 0.2) is 0 Å². The van der Waals surface area contributed by atoms with E-state index >= 15 is 0 Å². The zero-order valence-electron chi connectivity index (χ0n) is 21.1. The molecule has 0 aliphatic carbocycles. The van der Waals surface area contributed by atoms with Gasteiger partial charge < -0.3 is 19.1 Å². The number of benzene rings is 3. The van der Waals surface area contributed by atoms with E-state index < -0.39 is 5.97 Å². The van der Waals surface area contributed by atoms with Gasteiger partial charge in [0.1, 0.15) is 5.56 Å². The Morgan fingerprint density at radius 2 is 1.53 bits per heavy atom. The number of hydrogen-bond donors (Lipinski definition) is 0. The number of fused-ring (bicyclic) bond motifs is 1. The smallest absolute Gasteiger partial charge is 0.345 e. The lowest BCUT2D eigenvalue weighted by molar-refractivity contribution is 0.0523. The molecule has 5 rings (SSSR count). The number of hydrogen-bond acceptors (Lipinski definition) is 5. The average molecular weight is 530 g/mol. The number of rotatable bonds is 6. The van der Waals surface area contributed by atoms with E-state index in [-0.39, 0.29) is 23.6 Å². The number of amides is 1. The third-order valence-corrected chi connectivity index (χ3v) is 7.04. The second-order valence-electron chi connectivity index (χ2n) is 9.12. The van der Waals surface area contributed by atoms with Crippen LogP contribution in [0.4, 0.5) is 5.69 Å². The van der Waals surface area contributed by atoms with Crippen LogP contribution < -0.4 is 10.5 Å². The molecule has 1 fully saturated rings. The maximum absolute atomic E-state index is 13.9. The van der Waals surface area contributed by atoms with Crippen LogP contribution in [-0.2, 0) is 11.3 Å². The Morgan fingerprint density at radius 1 is 0.868 bits per heavy atom. The number of para-hydroxylation sites is 1. The van der Waals surface area contributed by atoms with Crippen LogP contribution in [0.15, 0.2) is 83.7 Å². The molecule has 3 aromatic carbocycles. The summed E-state index contributed by atoms with van der Waals surface area (Å²) in [5.74, 6) is -0.713. The second-order valence-corrected chi connectivity index (χ2v) is 9.56. The van der Waals surface area contributed by atoms with Crippen molar-refractivity contribution < 1.29 is 14.3 Å². The van der Waals surface area contributed by atoms with Gasteiger partial charge in [0, 0.05) is 42.2 Å². The van der Waals surface area contributed by atoms with Gasteiger partial charge in [-0.3, -0.25) is 9.59 Å². The van der Waals surface area contributed by atoms with Gasteiger partial charge in [0.25, 0.3) is 11.5 Å². The predicted octanol–water partition coefficient (Wildman–Crippen LogP) is 4.84. The third-order valence-electron chi connectivity index (χ3n) is 6.78. The monoisotopic (exact) mass is 529 g/mol. The van der Waals surface area contributed by atoms with Crippen molar-refractivity contribution in [3.63, 3.8) is 0 Å². The van der Waals surface area contributed by atoms with Crippen LogP contribution in [0.3, 0.4) is 0 Å². The number of esters is 1. The molecule has 0 N–H and O–H groups in total. The van der Waals surface area contributed by atoms with Gasteiger partial charge in [-0.25, -0.2) is 4.79 Å². The van der Waals surface area contributed by atoms with Gasteiger partial charge in [-0.2, -0.15) is 0 Å². The van der Waals surface area contributed by atoms with Crippen LogP contribution in [0.5, 0.6) is 0 Å². The number of pyridine rings is 1. The maximum atomic E-state index is 13.9. The molecule has 38 heavy (non-hydrogen) atoms. The van der Waals surface area contributed by atoms with Gasteiger partial charge in [-0.05, 0) is 42.8 Å². The van der Waals surface area contributed by atoms with Crippen LogP contribution in [0, 0.1) is 0 Å². The summed E-state index contributed by atoms with van der Waals surface area (Å²) >= 11 is 5.97. The number of aromatic nitrogens is 1. The molecule has 7 nitrogen and oxygen atoms in total. The van der Waals surface area contributed by atoms with Gasteiger partial charge >= 0.3 is 5.97 Å². The molecule has 0 saturated carbocycles.